The first-order chi connectivity index (χ1) is 9.10. The summed E-state index contributed by atoms with van der Waals surface area (Å²) in [7, 11) is 0. The Bertz CT molecular complexity index is 617. The number of halogens is 1. The van der Waals surface area contributed by atoms with Crippen LogP contribution in [-0.2, 0) is 0 Å². The molecular weight excluding hydrogens is 278 g/mol. The summed E-state index contributed by atoms with van der Waals surface area (Å²) in [5, 5.41) is 19.4. The summed E-state index contributed by atoms with van der Waals surface area (Å²) in [6.45, 7) is 1.72. The molecule has 0 radical (unpaired) electrons. The van der Waals surface area contributed by atoms with Crippen LogP contribution in [0.5, 0.6) is 0 Å². The van der Waals surface area contributed by atoms with Crippen LogP contribution >= 0.6 is 23.4 Å². The predicted molar refractivity (Wildman–Crippen MR) is 77.4 cm³/mol. The maximum atomic E-state index is 9.77. The third-order valence-corrected chi connectivity index (χ3v) is 3.97. The van der Waals surface area contributed by atoms with E-state index in [0.29, 0.717) is 10.6 Å². The number of rotatable bonds is 3. The van der Waals surface area contributed by atoms with Crippen molar-refractivity contribution in [2.75, 3.05) is 0 Å². The van der Waals surface area contributed by atoms with Crippen LogP contribution in [0.25, 0.3) is 0 Å². The molecule has 2 rings (SSSR count). The zero-order chi connectivity index (χ0) is 13.8. The molecule has 0 amide bonds. The summed E-state index contributed by atoms with van der Waals surface area (Å²) in [6, 6.07) is 14.9. The average Bonchev–Trinajstić information content (AvgIpc) is 2.41. The molecule has 1 atom stereocenters. The molecule has 19 heavy (non-hydrogen) atoms. The van der Waals surface area contributed by atoms with Crippen molar-refractivity contribution in [1.29, 1.82) is 5.26 Å². The molecule has 2 aromatic rings. The molecule has 1 unspecified atom stereocenters. The maximum Gasteiger partial charge on any atom is 0.0992 e. The van der Waals surface area contributed by atoms with Crippen LogP contribution in [0.4, 0.5) is 0 Å². The number of aliphatic hydroxyl groups excluding tert-OH is 1. The highest BCUT2D eigenvalue weighted by molar-refractivity contribution is 7.99. The van der Waals surface area contributed by atoms with Crippen molar-refractivity contribution in [2.24, 2.45) is 0 Å². The van der Waals surface area contributed by atoms with Gasteiger partial charge in [-0.2, -0.15) is 5.26 Å². The van der Waals surface area contributed by atoms with Gasteiger partial charge in [-0.3, -0.25) is 0 Å². The van der Waals surface area contributed by atoms with Crippen LogP contribution < -0.4 is 0 Å². The molecule has 1 N–H and O–H groups in total. The molecule has 0 fully saturated rings. The summed E-state index contributed by atoms with van der Waals surface area (Å²) in [4.78, 5) is 1.90. The predicted octanol–water partition coefficient (Wildman–Crippen LogP) is 4.42. The minimum atomic E-state index is -0.567. The van der Waals surface area contributed by atoms with Crippen LogP contribution in [0.3, 0.4) is 0 Å². The van der Waals surface area contributed by atoms with E-state index in [9.17, 15) is 5.11 Å². The van der Waals surface area contributed by atoms with Crippen molar-refractivity contribution in [3.63, 3.8) is 0 Å². The van der Waals surface area contributed by atoms with Gasteiger partial charge in [0.05, 0.1) is 17.7 Å². The van der Waals surface area contributed by atoms with E-state index < -0.39 is 6.10 Å². The highest BCUT2D eigenvalue weighted by Gasteiger charge is 2.10. The van der Waals surface area contributed by atoms with E-state index in [2.05, 4.69) is 6.07 Å². The monoisotopic (exact) mass is 289 g/mol. The Balaban J connectivity index is 2.37. The van der Waals surface area contributed by atoms with Gasteiger partial charge in [-0.15, -0.1) is 0 Å². The molecule has 0 aromatic heterocycles. The molecule has 4 heteroatoms. The van der Waals surface area contributed by atoms with E-state index >= 15 is 0 Å². The first-order valence-electron chi connectivity index (χ1n) is 5.75. The molecule has 0 aliphatic carbocycles. The van der Waals surface area contributed by atoms with Gasteiger partial charge in [0.1, 0.15) is 0 Å². The van der Waals surface area contributed by atoms with E-state index in [0.717, 1.165) is 15.4 Å². The SMILES string of the molecule is CC(O)c1ccc(C#N)cc1Sc1ccc(Cl)cc1. The fraction of sp³-hybridized carbons (Fsp3) is 0.133. The lowest BCUT2D eigenvalue weighted by Gasteiger charge is -2.12. The minimum absolute atomic E-state index is 0.567. The summed E-state index contributed by atoms with van der Waals surface area (Å²) < 4.78 is 0. The van der Waals surface area contributed by atoms with Gasteiger partial charge in [0, 0.05) is 14.8 Å². The summed E-state index contributed by atoms with van der Waals surface area (Å²) in [5.41, 5.74) is 1.40. The maximum absolute atomic E-state index is 9.77. The molecular formula is C15H12ClNOS. The highest BCUT2D eigenvalue weighted by atomic mass is 35.5. The molecule has 0 bridgehead atoms. The first kappa shape index (κ1) is 14.0. The van der Waals surface area contributed by atoms with Crippen LogP contribution in [0.1, 0.15) is 24.2 Å². The molecule has 0 aliphatic rings. The molecule has 0 saturated heterocycles. The Morgan fingerprint density at radius 2 is 1.89 bits per heavy atom. The second kappa shape index (κ2) is 6.12. The third-order valence-electron chi connectivity index (χ3n) is 2.63. The van der Waals surface area contributed by atoms with Gasteiger partial charge in [0.2, 0.25) is 0 Å². The smallest absolute Gasteiger partial charge is 0.0992 e. The summed E-state index contributed by atoms with van der Waals surface area (Å²) >= 11 is 7.36. The Labute approximate surface area is 121 Å². The molecule has 96 valence electrons. The Morgan fingerprint density at radius 1 is 1.21 bits per heavy atom. The number of aliphatic hydroxyl groups is 1. The van der Waals surface area contributed by atoms with E-state index in [1.54, 1.807) is 25.1 Å². The molecule has 0 saturated carbocycles. The van der Waals surface area contributed by atoms with E-state index in [1.807, 2.05) is 24.3 Å². The normalized spacial score (nSPS) is 11.9. The van der Waals surface area contributed by atoms with Gasteiger partial charge in [-0.1, -0.05) is 29.4 Å². The van der Waals surface area contributed by atoms with Crippen LogP contribution in [-0.4, -0.2) is 5.11 Å². The standard InChI is InChI=1S/C15H12ClNOS/c1-10(18)14-7-2-11(9-17)8-15(14)19-13-5-3-12(16)4-6-13/h2-8,10,18H,1H3. The largest absolute Gasteiger partial charge is 0.389 e. The lowest BCUT2D eigenvalue weighted by Crippen LogP contribution is -1.94. The zero-order valence-electron chi connectivity index (χ0n) is 10.3. The van der Waals surface area contributed by atoms with Crippen molar-refractivity contribution >= 4 is 23.4 Å². The highest BCUT2D eigenvalue weighted by Crippen LogP contribution is 2.34. The van der Waals surface area contributed by atoms with Crippen LogP contribution in [0.15, 0.2) is 52.3 Å². The van der Waals surface area contributed by atoms with Gasteiger partial charge in [0.25, 0.3) is 0 Å². The molecule has 0 spiro atoms. The van der Waals surface area contributed by atoms with Crippen LogP contribution in [0, 0.1) is 11.3 Å². The number of nitriles is 1. The van der Waals surface area contributed by atoms with Crippen molar-refractivity contribution in [3.8, 4) is 6.07 Å². The fourth-order valence-electron chi connectivity index (χ4n) is 1.67. The first-order valence-corrected chi connectivity index (χ1v) is 6.95. The molecule has 0 aliphatic heterocycles. The van der Waals surface area contributed by atoms with Crippen molar-refractivity contribution in [3.05, 3.63) is 58.6 Å². The van der Waals surface area contributed by atoms with E-state index in [1.165, 1.54) is 11.8 Å². The van der Waals surface area contributed by atoms with Gasteiger partial charge in [-0.05, 0) is 48.9 Å². The topological polar surface area (TPSA) is 44.0 Å². The third kappa shape index (κ3) is 3.51. The summed E-state index contributed by atoms with van der Waals surface area (Å²) in [6.07, 6.45) is -0.567. The van der Waals surface area contributed by atoms with Gasteiger partial charge < -0.3 is 5.11 Å². The van der Waals surface area contributed by atoms with Crippen molar-refractivity contribution in [2.45, 2.75) is 22.8 Å². The zero-order valence-corrected chi connectivity index (χ0v) is 11.9. The van der Waals surface area contributed by atoms with E-state index in [-0.39, 0.29) is 0 Å². The van der Waals surface area contributed by atoms with Crippen molar-refractivity contribution < 1.29 is 5.11 Å². The molecule has 0 heterocycles. The number of nitrogens with zero attached hydrogens (tertiary/aromatic N) is 1. The molecule has 2 aromatic carbocycles. The van der Waals surface area contributed by atoms with Crippen LogP contribution in [0.2, 0.25) is 5.02 Å². The summed E-state index contributed by atoms with van der Waals surface area (Å²) in [5.74, 6) is 0. The second-order valence-electron chi connectivity index (χ2n) is 4.10. The number of benzene rings is 2. The van der Waals surface area contributed by atoms with Gasteiger partial charge in [0.15, 0.2) is 0 Å². The Hall–Kier alpha value is -1.47. The number of hydrogen-bond donors (Lipinski definition) is 1. The Morgan fingerprint density at radius 3 is 2.47 bits per heavy atom. The van der Waals surface area contributed by atoms with E-state index in [4.69, 9.17) is 16.9 Å². The molecule has 2 nitrogen and oxygen atoms in total. The van der Waals surface area contributed by atoms with Gasteiger partial charge in [-0.25, -0.2) is 0 Å². The lowest BCUT2D eigenvalue weighted by atomic mass is 10.1. The fourth-order valence-corrected chi connectivity index (χ4v) is 2.86. The number of hydrogen-bond acceptors (Lipinski definition) is 3. The lowest BCUT2D eigenvalue weighted by molar-refractivity contribution is 0.196. The quantitative estimate of drug-likeness (QED) is 0.910. The van der Waals surface area contributed by atoms with Crippen molar-refractivity contribution in [1.82, 2.24) is 0 Å². The van der Waals surface area contributed by atoms with Gasteiger partial charge >= 0.3 is 0 Å². The second-order valence-corrected chi connectivity index (χ2v) is 5.65. The minimum Gasteiger partial charge on any atom is -0.389 e. The average molecular weight is 290 g/mol. The Kier molecular flexibility index (Phi) is 4.49.